The maximum Gasteiger partial charge on any atom is 0.213 e. The molecule has 1 heterocycles. The van der Waals surface area contributed by atoms with E-state index in [1.54, 1.807) is 0 Å². The Balaban J connectivity index is 1.93. The second-order valence-corrected chi connectivity index (χ2v) is 7.15. The Morgan fingerprint density at radius 3 is 2.50 bits per heavy atom. The molecule has 0 N–H and O–H groups in total. The van der Waals surface area contributed by atoms with Gasteiger partial charge in [0.25, 0.3) is 0 Å². The zero-order valence-corrected chi connectivity index (χ0v) is 16.9. The first-order valence-corrected chi connectivity index (χ1v) is 9.31. The lowest BCUT2D eigenvalue weighted by molar-refractivity contribution is 0.202. The second-order valence-electron chi connectivity index (χ2n) is 7.15. The molecule has 0 aliphatic carbocycles. The summed E-state index contributed by atoms with van der Waals surface area (Å²) in [7, 11) is 2.02. The molecule has 2 rings (SSSR count). The summed E-state index contributed by atoms with van der Waals surface area (Å²) < 4.78 is 6.00. The van der Waals surface area contributed by atoms with Gasteiger partial charge in [0.1, 0.15) is 0 Å². The van der Waals surface area contributed by atoms with Gasteiger partial charge in [0.15, 0.2) is 0 Å². The molecule has 0 amide bonds. The standard InChI is InChI=1S/C22H31N3O/c1-16(2)25(6)15-23-21-13-14-22(24-19(21)5)26-18(4)11-12-20-10-8-7-9-17(20)3/h7-10,13-16,18H,11-12H2,1-6H3/b23-15+. The van der Waals surface area contributed by atoms with Crippen molar-refractivity contribution in [2.45, 2.75) is 59.6 Å². The Hall–Kier alpha value is -2.36. The summed E-state index contributed by atoms with van der Waals surface area (Å²) in [6.45, 7) is 10.5. The zero-order valence-electron chi connectivity index (χ0n) is 16.9. The molecule has 140 valence electrons. The van der Waals surface area contributed by atoms with E-state index in [0.29, 0.717) is 11.9 Å². The molecule has 0 saturated heterocycles. The first-order chi connectivity index (χ1) is 12.4. The average molecular weight is 354 g/mol. The van der Waals surface area contributed by atoms with Crippen molar-refractivity contribution in [1.29, 1.82) is 0 Å². The minimum Gasteiger partial charge on any atom is -0.475 e. The molecule has 0 spiro atoms. The highest BCUT2D eigenvalue weighted by molar-refractivity contribution is 5.62. The van der Waals surface area contributed by atoms with E-state index in [4.69, 9.17) is 4.74 Å². The largest absolute Gasteiger partial charge is 0.475 e. The van der Waals surface area contributed by atoms with Crippen molar-refractivity contribution in [2.24, 2.45) is 4.99 Å². The van der Waals surface area contributed by atoms with Crippen LogP contribution in [0.1, 0.15) is 44.0 Å². The summed E-state index contributed by atoms with van der Waals surface area (Å²) in [5.41, 5.74) is 4.47. The van der Waals surface area contributed by atoms with Crippen molar-refractivity contribution in [3.63, 3.8) is 0 Å². The summed E-state index contributed by atoms with van der Waals surface area (Å²) in [4.78, 5) is 11.1. The number of hydrogen-bond acceptors (Lipinski definition) is 3. The van der Waals surface area contributed by atoms with E-state index < -0.39 is 0 Å². The summed E-state index contributed by atoms with van der Waals surface area (Å²) >= 11 is 0. The van der Waals surface area contributed by atoms with Gasteiger partial charge in [0.05, 0.1) is 23.8 Å². The predicted octanol–water partition coefficient (Wildman–Crippen LogP) is 5.10. The SMILES string of the molecule is Cc1ccccc1CCC(C)Oc1ccc(/N=C/N(C)C(C)C)c(C)n1. The van der Waals surface area contributed by atoms with Crippen LogP contribution in [0.25, 0.3) is 0 Å². The van der Waals surface area contributed by atoms with Gasteiger partial charge in [0.2, 0.25) is 5.88 Å². The highest BCUT2D eigenvalue weighted by Gasteiger charge is 2.08. The Morgan fingerprint density at radius 1 is 1.12 bits per heavy atom. The lowest BCUT2D eigenvalue weighted by Crippen LogP contribution is -2.24. The van der Waals surface area contributed by atoms with Crippen LogP contribution >= 0.6 is 0 Å². The third kappa shape index (κ3) is 5.87. The molecule has 0 aliphatic heterocycles. The van der Waals surface area contributed by atoms with Gasteiger partial charge in [-0.15, -0.1) is 0 Å². The van der Waals surface area contributed by atoms with Gasteiger partial charge in [-0.05, 0) is 64.7 Å². The minimum absolute atomic E-state index is 0.114. The lowest BCUT2D eigenvalue weighted by Gasteiger charge is -2.17. The molecule has 0 bridgehead atoms. The van der Waals surface area contributed by atoms with Crippen LogP contribution < -0.4 is 4.74 Å². The number of pyridine rings is 1. The van der Waals surface area contributed by atoms with Crippen LogP contribution in [-0.2, 0) is 6.42 Å². The normalized spacial score (nSPS) is 12.6. The summed E-state index contributed by atoms with van der Waals surface area (Å²) in [5, 5.41) is 0. The molecule has 0 radical (unpaired) electrons. The molecule has 4 nitrogen and oxygen atoms in total. The molecule has 4 heteroatoms. The summed E-state index contributed by atoms with van der Waals surface area (Å²) in [6, 6.07) is 12.8. The van der Waals surface area contributed by atoms with E-state index in [1.807, 2.05) is 32.4 Å². The van der Waals surface area contributed by atoms with Gasteiger partial charge in [-0.2, -0.15) is 0 Å². The Kier molecular flexibility index (Phi) is 7.19. The van der Waals surface area contributed by atoms with E-state index in [2.05, 4.69) is 66.8 Å². The maximum atomic E-state index is 6.00. The first-order valence-electron chi connectivity index (χ1n) is 9.31. The molecule has 26 heavy (non-hydrogen) atoms. The molecule has 1 atom stereocenters. The molecule has 1 unspecified atom stereocenters. The molecular formula is C22H31N3O. The quantitative estimate of drug-likeness (QED) is 0.489. The Labute approximate surface area is 157 Å². The number of benzene rings is 1. The van der Waals surface area contributed by atoms with Crippen LogP contribution in [0.3, 0.4) is 0 Å². The fourth-order valence-electron chi connectivity index (χ4n) is 2.53. The second kappa shape index (κ2) is 9.37. The maximum absolute atomic E-state index is 6.00. The average Bonchev–Trinajstić information content (AvgIpc) is 2.60. The molecule has 1 aromatic heterocycles. The van der Waals surface area contributed by atoms with Crippen molar-refractivity contribution in [3.05, 3.63) is 53.2 Å². The number of rotatable bonds is 8. The molecule has 0 aliphatic rings. The highest BCUT2D eigenvalue weighted by Crippen LogP contribution is 2.21. The molecular weight excluding hydrogens is 322 g/mol. The van der Waals surface area contributed by atoms with Crippen molar-refractivity contribution < 1.29 is 4.74 Å². The van der Waals surface area contributed by atoms with Gasteiger partial charge in [0, 0.05) is 19.2 Å². The number of hydrogen-bond donors (Lipinski definition) is 0. The van der Waals surface area contributed by atoms with Crippen LogP contribution in [0.4, 0.5) is 5.69 Å². The smallest absolute Gasteiger partial charge is 0.213 e. The van der Waals surface area contributed by atoms with Gasteiger partial charge in [-0.25, -0.2) is 9.98 Å². The van der Waals surface area contributed by atoms with E-state index in [0.717, 1.165) is 24.2 Å². The van der Waals surface area contributed by atoms with Crippen molar-refractivity contribution in [3.8, 4) is 5.88 Å². The highest BCUT2D eigenvalue weighted by atomic mass is 16.5. The fraction of sp³-hybridized carbons (Fsp3) is 0.455. The summed E-state index contributed by atoms with van der Waals surface area (Å²) in [5.74, 6) is 0.663. The van der Waals surface area contributed by atoms with Crippen LogP contribution in [0, 0.1) is 13.8 Å². The van der Waals surface area contributed by atoms with Gasteiger partial charge >= 0.3 is 0 Å². The van der Waals surface area contributed by atoms with Crippen LogP contribution in [0.2, 0.25) is 0 Å². The van der Waals surface area contributed by atoms with Crippen LogP contribution in [0.5, 0.6) is 5.88 Å². The number of ether oxygens (including phenoxy) is 1. The minimum atomic E-state index is 0.114. The molecule has 2 aromatic rings. The number of aromatic nitrogens is 1. The Morgan fingerprint density at radius 2 is 1.85 bits per heavy atom. The van der Waals surface area contributed by atoms with Crippen LogP contribution in [0.15, 0.2) is 41.4 Å². The van der Waals surface area contributed by atoms with Crippen molar-refractivity contribution in [1.82, 2.24) is 9.88 Å². The monoisotopic (exact) mass is 353 g/mol. The predicted molar refractivity (Wildman–Crippen MR) is 110 cm³/mol. The zero-order chi connectivity index (χ0) is 19.1. The third-order valence-corrected chi connectivity index (χ3v) is 4.63. The van der Waals surface area contributed by atoms with E-state index >= 15 is 0 Å². The first kappa shape index (κ1) is 20.0. The van der Waals surface area contributed by atoms with E-state index in [-0.39, 0.29) is 6.10 Å². The number of aryl methyl sites for hydroxylation is 3. The topological polar surface area (TPSA) is 37.7 Å². The third-order valence-electron chi connectivity index (χ3n) is 4.63. The molecule has 0 fully saturated rings. The van der Waals surface area contributed by atoms with Gasteiger partial charge in [-0.1, -0.05) is 24.3 Å². The summed E-state index contributed by atoms with van der Waals surface area (Å²) in [6.07, 6.45) is 3.93. The van der Waals surface area contributed by atoms with E-state index in [1.165, 1.54) is 11.1 Å². The van der Waals surface area contributed by atoms with Gasteiger partial charge < -0.3 is 9.64 Å². The molecule has 1 aromatic carbocycles. The van der Waals surface area contributed by atoms with Gasteiger partial charge in [-0.3, -0.25) is 0 Å². The van der Waals surface area contributed by atoms with Crippen molar-refractivity contribution in [2.75, 3.05) is 7.05 Å². The number of nitrogens with zero attached hydrogens (tertiary/aromatic N) is 3. The van der Waals surface area contributed by atoms with E-state index in [9.17, 15) is 0 Å². The number of aliphatic imine (C=N–C) groups is 1. The Bertz CT molecular complexity index is 740. The fourth-order valence-corrected chi connectivity index (χ4v) is 2.53. The molecule has 0 saturated carbocycles. The lowest BCUT2D eigenvalue weighted by atomic mass is 10.0. The van der Waals surface area contributed by atoms with Crippen molar-refractivity contribution >= 4 is 12.0 Å². The van der Waals surface area contributed by atoms with Crippen LogP contribution in [-0.4, -0.2) is 35.4 Å².